The van der Waals surface area contributed by atoms with Gasteiger partial charge in [-0.3, -0.25) is 19.7 Å². The number of hydrogen-bond acceptors (Lipinski definition) is 5. The first kappa shape index (κ1) is 16.9. The van der Waals surface area contributed by atoms with Gasteiger partial charge >= 0.3 is 0 Å². The summed E-state index contributed by atoms with van der Waals surface area (Å²) in [4.78, 5) is 27.0. The molecule has 120 valence electrons. The number of halogens is 1. The number of nitro groups is 1. The van der Waals surface area contributed by atoms with Crippen LogP contribution in [0.15, 0.2) is 48.5 Å². The average molecular weight is 337 g/mol. The topological polar surface area (TPSA) is 102 Å². The van der Waals surface area contributed by atoms with E-state index in [1.807, 2.05) is 0 Å². The molecule has 1 unspecified atom stereocenters. The fourth-order valence-electron chi connectivity index (χ4n) is 1.85. The zero-order valence-electron chi connectivity index (χ0n) is 11.8. The number of aliphatic hydroxyl groups is 1. The number of nitrogens with one attached hydrogen (secondary N) is 1. The predicted octanol–water partition coefficient (Wildman–Crippen LogP) is 2.53. The zero-order chi connectivity index (χ0) is 16.8. The Balaban J connectivity index is 1.92. The van der Waals surface area contributed by atoms with Crippen LogP contribution in [0, 0.1) is 10.1 Å². The van der Waals surface area contributed by atoms with Crippen LogP contribution in [0.5, 0.6) is 0 Å². The molecule has 0 aliphatic rings. The molecule has 2 aromatic rings. The van der Waals surface area contributed by atoms with Gasteiger partial charge in [-0.2, -0.15) is 0 Å². The van der Waals surface area contributed by atoms with E-state index in [0.29, 0.717) is 16.1 Å². The maximum absolute atomic E-state index is 11.8. The van der Waals surface area contributed by atoms with E-state index in [2.05, 4.69) is 5.48 Å². The Hall–Kier alpha value is -2.48. The summed E-state index contributed by atoms with van der Waals surface area (Å²) >= 11 is 5.73. The normalized spacial score (nSPS) is 11.7. The molecule has 1 atom stereocenters. The minimum atomic E-state index is -1.43. The molecule has 0 heterocycles. The van der Waals surface area contributed by atoms with Crippen molar-refractivity contribution in [2.24, 2.45) is 0 Å². The first-order valence-electron chi connectivity index (χ1n) is 6.56. The number of carbonyl (C=O) groups excluding carboxylic acids is 1. The van der Waals surface area contributed by atoms with Gasteiger partial charge in [-0.05, 0) is 23.8 Å². The van der Waals surface area contributed by atoms with E-state index in [1.165, 1.54) is 30.3 Å². The molecule has 8 heteroatoms. The highest BCUT2D eigenvalue weighted by molar-refractivity contribution is 6.30. The number of carbonyl (C=O) groups is 1. The van der Waals surface area contributed by atoms with E-state index in [4.69, 9.17) is 16.4 Å². The molecular formula is C15H13ClN2O5. The SMILES string of the molecule is O=C(NOCc1ccccc1[N+](=O)[O-])C(O)c1ccc(Cl)cc1. The monoisotopic (exact) mass is 336 g/mol. The van der Waals surface area contributed by atoms with Crippen LogP contribution in [0.3, 0.4) is 0 Å². The number of rotatable bonds is 6. The predicted molar refractivity (Wildman–Crippen MR) is 82.4 cm³/mol. The lowest BCUT2D eigenvalue weighted by Gasteiger charge is -2.11. The number of aliphatic hydroxyl groups excluding tert-OH is 1. The number of para-hydroxylation sites is 1. The Kier molecular flexibility index (Phi) is 5.64. The van der Waals surface area contributed by atoms with E-state index >= 15 is 0 Å². The van der Waals surface area contributed by atoms with Gasteiger partial charge in [0.15, 0.2) is 6.10 Å². The van der Waals surface area contributed by atoms with Crippen LogP contribution < -0.4 is 5.48 Å². The first-order chi connectivity index (χ1) is 11.0. The minimum absolute atomic E-state index is 0.111. The molecule has 0 aromatic heterocycles. The summed E-state index contributed by atoms with van der Waals surface area (Å²) in [5, 5.41) is 21.2. The van der Waals surface area contributed by atoms with Gasteiger partial charge in [0.2, 0.25) is 0 Å². The van der Waals surface area contributed by atoms with Crippen molar-refractivity contribution in [3.05, 3.63) is 74.8 Å². The van der Waals surface area contributed by atoms with E-state index in [0.717, 1.165) is 0 Å². The summed E-state index contributed by atoms with van der Waals surface area (Å²) in [5.74, 6) is -0.786. The lowest BCUT2D eigenvalue weighted by atomic mass is 10.1. The molecule has 0 bridgehead atoms. The second-order valence-corrected chi connectivity index (χ2v) is 5.03. The van der Waals surface area contributed by atoms with Crippen molar-refractivity contribution in [3.8, 4) is 0 Å². The Labute approximate surface area is 136 Å². The molecule has 0 aliphatic heterocycles. The summed E-state index contributed by atoms with van der Waals surface area (Å²) in [6, 6.07) is 12.1. The summed E-state index contributed by atoms with van der Waals surface area (Å²) < 4.78 is 0. The zero-order valence-corrected chi connectivity index (χ0v) is 12.6. The molecule has 0 radical (unpaired) electrons. The fourth-order valence-corrected chi connectivity index (χ4v) is 1.97. The standard InChI is InChI=1S/C15H13ClN2O5/c16-12-7-5-10(6-8-12)14(19)15(20)17-23-9-11-3-1-2-4-13(11)18(21)22/h1-8,14,19H,9H2,(H,17,20). The van der Waals surface area contributed by atoms with Gasteiger partial charge < -0.3 is 5.11 Å². The van der Waals surface area contributed by atoms with Crippen molar-refractivity contribution >= 4 is 23.2 Å². The molecule has 0 aliphatic carbocycles. The average Bonchev–Trinajstić information content (AvgIpc) is 2.55. The van der Waals surface area contributed by atoms with Crippen molar-refractivity contribution in [2.45, 2.75) is 12.7 Å². The van der Waals surface area contributed by atoms with E-state index in [-0.39, 0.29) is 12.3 Å². The number of nitrogens with zero attached hydrogens (tertiary/aromatic N) is 1. The quantitative estimate of drug-likeness (QED) is 0.623. The van der Waals surface area contributed by atoms with Crippen LogP contribution in [-0.4, -0.2) is 15.9 Å². The summed E-state index contributed by atoms with van der Waals surface area (Å²) in [6.07, 6.45) is -1.43. The van der Waals surface area contributed by atoms with Crippen molar-refractivity contribution in [1.29, 1.82) is 0 Å². The lowest BCUT2D eigenvalue weighted by Crippen LogP contribution is -2.29. The van der Waals surface area contributed by atoms with Gasteiger partial charge in [-0.1, -0.05) is 35.9 Å². The highest BCUT2D eigenvalue weighted by Crippen LogP contribution is 2.19. The largest absolute Gasteiger partial charge is 0.378 e. The van der Waals surface area contributed by atoms with E-state index in [9.17, 15) is 20.0 Å². The maximum atomic E-state index is 11.8. The Morgan fingerprint density at radius 2 is 1.91 bits per heavy atom. The number of nitro benzene ring substituents is 1. The number of hydrogen-bond donors (Lipinski definition) is 2. The molecule has 7 nitrogen and oxygen atoms in total. The molecule has 0 spiro atoms. The molecule has 0 saturated carbocycles. The highest BCUT2D eigenvalue weighted by atomic mass is 35.5. The van der Waals surface area contributed by atoms with E-state index in [1.54, 1.807) is 18.2 Å². The molecule has 0 saturated heterocycles. The van der Waals surface area contributed by atoms with Gasteiger partial charge in [-0.15, -0.1) is 0 Å². The van der Waals surface area contributed by atoms with Crippen LogP contribution in [0.4, 0.5) is 5.69 Å². The molecular weight excluding hydrogens is 324 g/mol. The van der Waals surface area contributed by atoms with Crippen LogP contribution in [-0.2, 0) is 16.2 Å². The third-order valence-electron chi connectivity index (χ3n) is 3.02. The summed E-state index contributed by atoms with van der Waals surface area (Å²) in [5.41, 5.74) is 2.61. The van der Waals surface area contributed by atoms with E-state index < -0.39 is 16.9 Å². The smallest absolute Gasteiger partial charge is 0.276 e. The lowest BCUT2D eigenvalue weighted by molar-refractivity contribution is -0.386. The van der Waals surface area contributed by atoms with Crippen LogP contribution in [0.2, 0.25) is 5.02 Å². The van der Waals surface area contributed by atoms with Crippen LogP contribution in [0.25, 0.3) is 0 Å². The highest BCUT2D eigenvalue weighted by Gasteiger charge is 2.18. The number of hydroxylamine groups is 1. The second-order valence-electron chi connectivity index (χ2n) is 4.59. The molecule has 23 heavy (non-hydrogen) atoms. The molecule has 1 amide bonds. The molecule has 2 N–H and O–H groups in total. The van der Waals surface area contributed by atoms with Crippen molar-refractivity contribution in [3.63, 3.8) is 0 Å². The summed E-state index contributed by atoms with van der Waals surface area (Å²) in [7, 11) is 0. The maximum Gasteiger partial charge on any atom is 0.276 e. The number of benzene rings is 2. The first-order valence-corrected chi connectivity index (χ1v) is 6.94. The molecule has 2 aromatic carbocycles. The van der Waals surface area contributed by atoms with Crippen LogP contribution in [0.1, 0.15) is 17.2 Å². The summed E-state index contributed by atoms with van der Waals surface area (Å²) in [6.45, 7) is -0.198. The third kappa shape index (κ3) is 4.49. The van der Waals surface area contributed by atoms with Gasteiger partial charge in [0, 0.05) is 11.1 Å². The fraction of sp³-hybridized carbons (Fsp3) is 0.133. The minimum Gasteiger partial charge on any atom is -0.378 e. The van der Waals surface area contributed by atoms with Crippen LogP contribution >= 0.6 is 11.6 Å². The Bertz CT molecular complexity index is 705. The number of amides is 1. The van der Waals surface area contributed by atoms with Crippen molar-refractivity contribution in [2.75, 3.05) is 0 Å². The van der Waals surface area contributed by atoms with Crippen molar-refractivity contribution in [1.82, 2.24) is 5.48 Å². The molecule has 2 rings (SSSR count). The van der Waals surface area contributed by atoms with Gasteiger partial charge in [0.1, 0.15) is 6.61 Å². The Morgan fingerprint density at radius 3 is 2.57 bits per heavy atom. The third-order valence-corrected chi connectivity index (χ3v) is 3.27. The van der Waals surface area contributed by atoms with Gasteiger partial charge in [0.25, 0.3) is 11.6 Å². The second kappa shape index (κ2) is 7.68. The van der Waals surface area contributed by atoms with Gasteiger partial charge in [-0.25, -0.2) is 5.48 Å². The molecule has 0 fully saturated rings. The van der Waals surface area contributed by atoms with Gasteiger partial charge in [0.05, 0.1) is 10.5 Å². The van der Waals surface area contributed by atoms with Crippen molar-refractivity contribution < 1.29 is 19.7 Å². The Morgan fingerprint density at radius 1 is 1.26 bits per heavy atom.